The molecule has 1 fully saturated rings. The van der Waals surface area contributed by atoms with Crippen LogP contribution >= 0.6 is 24.0 Å². The lowest BCUT2D eigenvalue weighted by atomic mass is 10.2. The van der Waals surface area contributed by atoms with Gasteiger partial charge in [0, 0.05) is 31.9 Å². The minimum atomic E-state index is 0. The van der Waals surface area contributed by atoms with E-state index in [0.29, 0.717) is 10.7 Å². The molecule has 16 heavy (non-hydrogen) atoms. The highest BCUT2D eigenvalue weighted by atomic mass is 35.5. The standard InChI is InChI=1S/C10H14ClN3O.ClH/c1-7-5-12-2-3-14(7)10(15)9-4-8(11)6-13-9;/h4,6-7,12-13H,2-3,5H2,1H3;1H/t7-;/m0./s1. The first-order valence-electron chi connectivity index (χ1n) is 5.04. The highest BCUT2D eigenvalue weighted by Gasteiger charge is 2.24. The van der Waals surface area contributed by atoms with Gasteiger partial charge in [0.25, 0.3) is 5.91 Å². The van der Waals surface area contributed by atoms with E-state index < -0.39 is 0 Å². The van der Waals surface area contributed by atoms with Gasteiger partial charge in [0.2, 0.25) is 0 Å². The van der Waals surface area contributed by atoms with Gasteiger partial charge >= 0.3 is 0 Å². The van der Waals surface area contributed by atoms with Crippen molar-refractivity contribution in [2.45, 2.75) is 13.0 Å². The van der Waals surface area contributed by atoms with E-state index in [1.807, 2.05) is 11.8 Å². The molecule has 1 aliphatic rings. The zero-order valence-corrected chi connectivity index (χ0v) is 10.6. The summed E-state index contributed by atoms with van der Waals surface area (Å²) in [5.74, 6) is 0.0240. The molecule has 90 valence electrons. The van der Waals surface area contributed by atoms with Crippen molar-refractivity contribution in [3.05, 3.63) is 23.0 Å². The zero-order valence-electron chi connectivity index (χ0n) is 9.00. The van der Waals surface area contributed by atoms with E-state index in [0.717, 1.165) is 19.6 Å². The summed E-state index contributed by atoms with van der Waals surface area (Å²) < 4.78 is 0. The Bertz CT molecular complexity index is 367. The van der Waals surface area contributed by atoms with Crippen LogP contribution in [0.3, 0.4) is 0 Å². The maximum Gasteiger partial charge on any atom is 0.270 e. The molecule has 0 bridgehead atoms. The number of H-pyrrole nitrogens is 1. The molecule has 0 aliphatic carbocycles. The number of hydrogen-bond donors (Lipinski definition) is 2. The van der Waals surface area contributed by atoms with E-state index in [1.54, 1.807) is 12.3 Å². The Morgan fingerprint density at radius 2 is 2.38 bits per heavy atom. The topological polar surface area (TPSA) is 48.1 Å². The quantitative estimate of drug-likeness (QED) is 0.808. The third-order valence-corrected chi connectivity index (χ3v) is 2.86. The van der Waals surface area contributed by atoms with Crippen LogP contribution in [0.15, 0.2) is 12.3 Å². The van der Waals surface area contributed by atoms with Gasteiger partial charge in [-0.3, -0.25) is 4.79 Å². The second-order valence-corrected chi connectivity index (χ2v) is 4.22. The summed E-state index contributed by atoms with van der Waals surface area (Å²) in [5, 5.41) is 3.82. The minimum Gasteiger partial charge on any atom is -0.356 e. The van der Waals surface area contributed by atoms with E-state index in [-0.39, 0.29) is 24.4 Å². The normalized spacial score (nSPS) is 20.4. The molecule has 1 atom stereocenters. The fraction of sp³-hybridized carbons (Fsp3) is 0.500. The molecular formula is C10H15Cl2N3O. The highest BCUT2D eigenvalue weighted by molar-refractivity contribution is 6.30. The van der Waals surface area contributed by atoms with Crippen molar-refractivity contribution in [2.75, 3.05) is 19.6 Å². The molecule has 1 aromatic heterocycles. The third kappa shape index (κ3) is 2.70. The fourth-order valence-electron chi connectivity index (χ4n) is 1.79. The third-order valence-electron chi connectivity index (χ3n) is 2.64. The second kappa shape index (κ2) is 5.57. The average molecular weight is 264 g/mol. The minimum absolute atomic E-state index is 0. The van der Waals surface area contributed by atoms with Gasteiger partial charge in [-0.15, -0.1) is 12.4 Å². The molecule has 0 unspecified atom stereocenters. The molecule has 2 N–H and O–H groups in total. The maximum atomic E-state index is 12.0. The van der Waals surface area contributed by atoms with Crippen LogP contribution in [0.4, 0.5) is 0 Å². The number of nitrogens with one attached hydrogen (secondary N) is 2. The molecular weight excluding hydrogens is 249 g/mol. The van der Waals surface area contributed by atoms with Crippen LogP contribution in [0, 0.1) is 0 Å². The van der Waals surface area contributed by atoms with Crippen molar-refractivity contribution in [1.29, 1.82) is 0 Å². The Morgan fingerprint density at radius 1 is 1.62 bits per heavy atom. The second-order valence-electron chi connectivity index (χ2n) is 3.78. The molecule has 6 heteroatoms. The number of piperazine rings is 1. The maximum absolute atomic E-state index is 12.0. The highest BCUT2D eigenvalue weighted by Crippen LogP contribution is 2.13. The number of halogens is 2. The van der Waals surface area contributed by atoms with Crippen LogP contribution in [0.2, 0.25) is 5.02 Å². The van der Waals surface area contributed by atoms with Gasteiger partial charge in [0.15, 0.2) is 0 Å². The summed E-state index contributed by atoms with van der Waals surface area (Å²) in [7, 11) is 0. The Kier molecular flexibility index (Phi) is 4.65. The summed E-state index contributed by atoms with van der Waals surface area (Å²) >= 11 is 5.77. The van der Waals surface area contributed by atoms with Crippen molar-refractivity contribution in [3.8, 4) is 0 Å². The van der Waals surface area contributed by atoms with Crippen molar-refractivity contribution in [3.63, 3.8) is 0 Å². The first kappa shape index (κ1) is 13.4. The molecule has 1 aliphatic heterocycles. The molecule has 0 saturated carbocycles. The summed E-state index contributed by atoms with van der Waals surface area (Å²) in [6.07, 6.45) is 1.63. The Labute approximate surface area is 106 Å². The first-order valence-corrected chi connectivity index (χ1v) is 5.42. The zero-order chi connectivity index (χ0) is 10.8. The number of amides is 1. The predicted molar refractivity (Wildman–Crippen MR) is 66.4 cm³/mol. The van der Waals surface area contributed by atoms with E-state index in [4.69, 9.17) is 11.6 Å². The van der Waals surface area contributed by atoms with Crippen molar-refractivity contribution in [1.82, 2.24) is 15.2 Å². The monoisotopic (exact) mass is 263 g/mol. The van der Waals surface area contributed by atoms with E-state index >= 15 is 0 Å². The number of rotatable bonds is 1. The van der Waals surface area contributed by atoms with Crippen LogP contribution in [-0.4, -0.2) is 41.5 Å². The molecule has 0 radical (unpaired) electrons. The smallest absolute Gasteiger partial charge is 0.270 e. The van der Waals surface area contributed by atoms with Crippen LogP contribution in [0.5, 0.6) is 0 Å². The number of aromatic amines is 1. The van der Waals surface area contributed by atoms with Gasteiger partial charge in [0.05, 0.1) is 5.02 Å². The Balaban J connectivity index is 0.00000128. The average Bonchev–Trinajstić information content (AvgIpc) is 2.65. The molecule has 1 aromatic rings. The van der Waals surface area contributed by atoms with Crippen LogP contribution in [0.1, 0.15) is 17.4 Å². The van der Waals surface area contributed by atoms with Gasteiger partial charge < -0.3 is 15.2 Å². The van der Waals surface area contributed by atoms with E-state index in [1.165, 1.54) is 0 Å². The largest absolute Gasteiger partial charge is 0.356 e. The lowest BCUT2D eigenvalue weighted by molar-refractivity contribution is 0.0650. The first-order chi connectivity index (χ1) is 7.18. The van der Waals surface area contributed by atoms with Gasteiger partial charge in [-0.25, -0.2) is 0 Å². The Hall–Kier alpha value is -0.710. The molecule has 0 aromatic carbocycles. The number of nitrogens with zero attached hydrogens (tertiary/aromatic N) is 1. The number of aromatic nitrogens is 1. The number of hydrogen-bond acceptors (Lipinski definition) is 2. The number of carbonyl (C=O) groups excluding carboxylic acids is 1. The van der Waals surface area contributed by atoms with Crippen molar-refractivity contribution in [2.24, 2.45) is 0 Å². The molecule has 1 amide bonds. The lowest BCUT2D eigenvalue weighted by Gasteiger charge is -2.33. The summed E-state index contributed by atoms with van der Waals surface area (Å²) in [5.41, 5.74) is 0.564. The summed E-state index contributed by atoms with van der Waals surface area (Å²) in [6.45, 7) is 4.48. The SMILES string of the molecule is C[C@H]1CNCCN1C(=O)c1cc(Cl)c[nH]1.Cl. The van der Waals surface area contributed by atoms with Crippen LogP contribution in [-0.2, 0) is 0 Å². The number of carbonyl (C=O) groups is 1. The summed E-state index contributed by atoms with van der Waals surface area (Å²) in [4.78, 5) is 16.8. The Morgan fingerprint density at radius 3 is 2.94 bits per heavy atom. The molecule has 2 rings (SSSR count). The van der Waals surface area contributed by atoms with Crippen molar-refractivity contribution >= 4 is 29.9 Å². The van der Waals surface area contributed by atoms with Crippen LogP contribution in [0.25, 0.3) is 0 Å². The van der Waals surface area contributed by atoms with E-state index in [9.17, 15) is 4.79 Å². The molecule has 2 heterocycles. The molecule has 1 saturated heterocycles. The fourth-order valence-corrected chi connectivity index (χ4v) is 1.95. The molecule has 4 nitrogen and oxygen atoms in total. The predicted octanol–water partition coefficient (Wildman–Crippen LogP) is 1.52. The van der Waals surface area contributed by atoms with Gasteiger partial charge in [-0.05, 0) is 13.0 Å². The van der Waals surface area contributed by atoms with Gasteiger partial charge in [-0.1, -0.05) is 11.6 Å². The van der Waals surface area contributed by atoms with Crippen LogP contribution < -0.4 is 5.32 Å². The summed E-state index contributed by atoms with van der Waals surface area (Å²) in [6, 6.07) is 1.90. The molecule has 0 spiro atoms. The van der Waals surface area contributed by atoms with E-state index in [2.05, 4.69) is 10.3 Å². The lowest BCUT2D eigenvalue weighted by Crippen LogP contribution is -2.52. The van der Waals surface area contributed by atoms with Crippen molar-refractivity contribution < 1.29 is 4.79 Å². The van der Waals surface area contributed by atoms with Gasteiger partial charge in [0.1, 0.15) is 5.69 Å². The van der Waals surface area contributed by atoms with Gasteiger partial charge in [-0.2, -0.15) is 0 Å².